The zero-order valence-corrected chi connectivity index (χ0v) is 26.0. The maximum atomic E-state index is 5.90. The number of benzene rings is 2. The predicted octanol–water partition coefficient (Wildman–Crippen LogP) is 10.1. The van der Waals surface area contributed by atoms with Crippen LogP contribution in [0.15, 0.2) is 54.3 Å². The van der Waals surface area contributed by atoms with Gasteiger partial charge < -0.3 is 9.47 Å². The van der Waals surface area contributed by atoms with E-state index in [2.05, 4.69) is 143 Å². The van der Waals surface area contributed by atoms with Gasteiger partial charge in [0.1, 0.15) is 18.1 Å². The minimum atomic E-state index is -0.219. The number of rotatable bonds is 7. The van der Waals surface area contributed by atoms with Gasteiger partial charge in [0.25, 0.3) is 0 Å². The van der Waals surface area contributed by atoms with E-state index < -0.39 is 0 Å². The predicted molar refractivity (Wildman–Crippen MR) is 145 cm³/mol. The molecule has 0 amide bonds. The monoisotopic (exact) mass is 780 g/mol. The zero-order chi connectivity index (χ0) is 22.2. The topological polar surface area (TPSA) is 18.5 Å². The van der Waals surface area contributed by atoms with E-state index in [0.717, 1.165) is 35.8 Å². The lowest BCUT2D eigenvalue weighted by Crippen LogP contribution is -2.19. The normalized spacial score (nSPS) is 11.2. The third kappa shape index (κ3) is 7.35. The van der Waals surface area contributed by atoms with Gasteiger partial charge in [0.05, 0.1) is 25.0 Å². The van der Waals surface area contributed by atoms with Gasteiger partial charge in [-0.15, -0.1) is 0 Å². The maximum Gasteiger partial charge on any atom is 0.148 e. The summed E-state index contributed by atoms with van der Waals surface area (Å²) in [7, 11) is 1.66. The fourth-order valence-electron chi connectivity index (χ4n) is 2.71. The second-order valence-corrected chi connectivity index (χ2v) is 9.98. The van der Waals surface area contributed by atoms with Gasteiger partial charge in [0.15, 0.2) is 0 Å². The van der Waals surface area contributed by atoms with Crippen molar-refractivity contribution in [1.82, 2.24) is 0 Å². The molecule has 2 aromatic carbocycles. The van der Waals surface area contributed by atoms with Crippen molar-refractivity contribution in [3.63, 3.8) is 0 Å². The molecule has 0 saturated heterocycles. The quantitative estimate of drug-likeness (QED) is 0.261. The fourth-order valence-corrected chi connectivity index (χ4v) is 5.63. The average molecular weight is 786 g/mol. The van der Waals surface area contributed by atoms with Gasteiger partial charge in [-0.05, 0) is 106 Å². The number of ether oxygens (including phenoxy) is 2. The van der Waals surface area contributed by atoms with Crippen LogP contribution in [0.5, 0.6) is 11.5 Å². The first kappa shape index (κ1) is 27.7. The van der Waals surface area contributed by atoms with Crippen molar-refractivity contribution in [3.05, 3.63) is 65.4 Å². The lowest BCUT2D eigenvalue weighted by molar-refractivity contribution is 0.357. The smallest absolute Gasteiger partial charge is 0.148 e. The van der Waals surface area contributed by atoms with E-state index in [-0.39, 0.29) is 5.41 Å². The van der Waals surface area contributed by atoms with Crippen LogP contribution in [0.25, 0.3) is 0 Å². The van der Waals surface area contributed by atoms with Crippen molar-refractivity contribution < 1.29 is 9.47 Å². The van der Waals surface area contributed by atoms with Crippen molar-refractivity contribution >= 4 is 92.0 Å². The molecule has 0 spiro atoms. The Kier molecular flexibility index (Phi) is 12.7. The van der Waals surface area contributed by atoms with Gasteiger partial charge in [0, 0.05) is 33.7 Å². The van der Waals surface area contributed by atoms with Crippen molar-refractivity contribution in [2.75, 3.05) is 13.7 Å². The van der Waals surface area contributed by atoms with Crippen LogP contribution in [0.3, 0.4) is 0 Å². The third-order valence-corrected chi connectivity index (χ3v) is 6.73. The lowest BCUT2D eigenvalue weighted by Gasteiger charge is -2.28. The molecule has 0 aliphatic carbocycles. The summed E-state index contributed by atoms with van der Waals surface area (Å²) < 4.78 is 15.0. The SMILES string of the molecule is BrBr.CCC=CCOc1c(Br)cc(C(C)(C)c2cc(Br)c(OC)c(Br)c2)cc1Br. The zero-order valence-electron chi connectivity index (χ0n) is 16.5. The van der Waals surface area contributed by atoms with E-state index in [4.69, 9.17) is 9.47 Å². The highest BCUT2D eigenvalue weighted by Crippen LogP contribution is 2.43. The van der Waals surface area contributed by atoms with Crippen LogP contribution in [-0.4, -0.2) is 13.7 Å². The number of hydrogen-bond donors (Lipinski definition) is 0. The van der Waals surface area contributed by atoms with Crippen molar-refractivity contribution in [3.8, 4) is 11.5 Å². The molecule has 0 radical (unpaired) electrons. The molecule has 0 aliphatic heterocycles. The molecule has 0 N–H and O–H groups in total. The standard InChI is InChI=1S/C21H22Br4O2.Br2/c1-5-6-7-8-27-20-17(24)11-14(12-18(20)25)21(2,3)13-9-15(22)19(26-4)16(23)10-13;1-2/h6-7,9-12H,5,8H2,1-4H3;. The molecule has 0 aromatic heterocycles. The Labute approximate surface area is 222 Å². The number of halogens is 6. The minimum absolute atomic E-state index is 0.219. The van der Waals surface area contributed by atoms with E-state index >= 15 is 0 Å². The molecule has 0 bridgehead atoms. The van der Waals surface area contributed by atoms with E-state index in [0.29, 0.717) is 6.61 Å². The molecule has 160 valence electrons. The summed E-state index contributed by atoms with van der Waals surface area (Å²) in [4.78, 5) is 0. The Balaban J connectivity index is 0.00000204. The molecule has 0 saturated carbocycles. The Morgan fingerprint density at radius 3 is 1.59 bits per heavy atom. The van der Waals surface area contributed by atoms with Crippen LogP contribution in [0.4, 0.5) is 0 Å². The minimum Gasteiger partial charge on any atom is -0.494 e. The van der Waals surface area contributed by atoms with Gasteiger partial charge in [-0.2, -0.15) is 0 Å². The van der Waals surface area contributed by atoms with Crippen LogP contribution in [-0.2, 0) is 5.41 Å². The van der Waals surface area contributed by atoms with Gasteiger partial charge in [-0.3, -0.25) is 0 Å². The van der Waals surface area contributed by atoms with E-state index in [1.807, 2.05) is 6.08 Å². The van der Waals surface area contributed by atoms with Gasteiger partial charge in [-0.1, -0.05) is 32.9 Å². The molecule has 0 atom stereocenters. The van der Waals surface area contributed by atoms with Crippen LogP contribution in [0, 0.1) is 0 Å². The molecule has 8 heteroatoms. The molecular weight excluding hydrogens is 764 g/mol. The molecule has 0 aliphatic rings. The maximum absolute atomic E-state index is 5.90. The second kappa shape index (κ2) is 13.3. The summed E-state index contributed by atoms with van der Waals surface area (Å²) in [6.07, 6.45) is 5.13. The van der Waals surface area contributed by atoms with Crippen LogP contribution in [0.2, 0.25) is 0 Å². The second-order valence-electron chi connectivity index (χ2n) is 6.56. The van der Waals surface area contributed by atoms with Crippen LogP contribution < -0.4 is 9.47 Å². The van der Waals surface area contributed by atoms with Gasteiger partial charge in [-0.25, -0.2) is 0 Å². The Morgan fingerprint density at radius 1 is 0.793 bits per heavy atom. The summed E-state index contributed by atoms with van der Waals surface area (Å²) in [6, 6.07) is 8.45. The van der Waals surface area contributed by atoms with Crippen LogP contribution in [0.1, 0.15) is 38.3 Å². The number of methoxy groups -OCH3 is 1. The molecule has 2 aromatic rings. The summed E-state index contributed by atoms with van der Waals surface area (Å²) in [6.45, 7) is 7.06. The van der Waals surface area contributed by atoms with Crippen molar-refractivity contribution in [2.24, 2.45) is 0 Å². The van der Waals surface area contributed by atoms with E-state index in [1.54, 1.807) is 7.11 Å². The number of hydrogen-bond acceptors (Lipinski definition) is 2. The van der Waals surface area contributed by atoms with Gasteiger partial charge >= 0.3 is 0 Å². The first-order valence-corrected chi connectivity index (χ1v) is 15.6. The van der Waals surface area contributed by atoms with Crippen LogP contribution >= 0.6 is 92.0 Å². The Hall–Kier alpha value is 0.660. The van der Waals surface area contributed by atoms with E-state index in [9.17, 15) is 0 Å². The molecule has 0 unspecified atom stereocenters. The Morgan fingerprint density at radius 2 is 1.21 bits per heavy atom. The first-order chi connectivity index (χ1) is 13.7. The molecule has 2 rings (SSSR count). The highest BCUT2D eigenvalue weighted by molar-refractivity contribution is 9.93. The fraction of sp³-hybridized carbons (Fsp3) is 0.333. The molecule has 2 nitrogen and oxygen atoms in total. The molecular formula is C21H22Br6O2. The largest absolute Gasteiger partial charge is 0.494 e. The summed E-state index contributed by atoms with van der Waals surface area (Å²) in [5.41, 5.74) is 2.12. The average Bonchev–Trinajstić information content (AvgIpc) is 2.68. The van der Waals surface area contributed by atoms with Crippen molar-refractivity contribution in [2.45, 2.75) is 32.6 Å². The van der Waals surface area contributed by atoms with E-state index in [1.165, 1.54) is 11.1 Å². The van der Waals surface area contributed by atoms with Gasteiger partial charge in [0.2, 0.25) is 0 Å². The highest BCUT2D eigenvalue weighted by atomic mass is 80.9. The summed E-state index contributed by atoms with van der Waals surface area (Å²) >= 11 is 20.0. The van der Waals surface area contributed by atoms with Crippen molar-refractivity contribution in [1.29, 1.82) is 0 Å². The summed E-state index contributed by atoms with van der Waals surface area (Å²) in [5, 5.41) is 0. The number of allylic oxidation sites excluding steroid dienone is 1. The third-order valence-electron chi connectivity index (χ3n) is 4.37. The summed E-state index contributed by atoms with van der Waals surface area (Å²) in [5.74, 6) is 1.60. The molecule has 0 fully saturated rings. The molecule has 0 heterocycles. The highest BCUT2D eigenvalue weighted by Gasteiger charge is 2.27. The molecule has 29 heavy (non-hydrogen) atoms. The lowest BCUT2D eigenvalue weighted by atomic mass is 9.78. The Bertz CT molecular complexity index is 803. The first-order valence-electron chi connectivity index (χ1n) is 8.67.